The van der Waals surface area contributed by atoms with Gasteiger partial charge in [-0.25, -0.2) is 9.97 Å². The summed E-state index contributed by atoms with van der Waals surface area (Å²) < 4.78 is 10.9. The second kappa shape index (κ2) is 6.83. The number of hydrogen-bond donors (Lipinski definition) is 1. The van der Waals surface area contributed by atoms with Crippen LogP contribution in [0.2, 0.25) is 0 Å². The van der Waals surface area contributed by atoms with Gasteiger partial charge in [0.15, 0.2) is 0 Å². The maximum Gasteiger partial charge on any atom is 0.143 e. The molecular weight excluding hydrogens is 310 g/mol. The molecule has 6 heteroatoms. The van der Waals surface area contributed by atoms with Gasteiger partial charge in [0.05, 0.1) is 19.1 Å². The number of fused-ring (bicyclic) bond motifs is 1. The molecule has 0 bridgehead atoms. The van der Waals surface area contributed by atoms with Crippen molar-refractivity contribution in [2.24, 2.45) is 0 Å². The number of anilines is 1. The van der Waals surface area contributed by atoms with Crippen LogP contribution in [0, 0.1) is 0 Å². The lowest BCUT2D eigenvalue weighted by atomic mass is 10.1. The Morgan fingerprint density at radius 2 is 2.00 bits per heavy atom. The van der Waals surface area contributed by atoms with E-state index in [0.29, 0.717) is 6.61 Å². The van der Waals surface area contributed by atoms with Crippen LogP contribution in [0.5, 0.6) is 11.5 Å². The molecule has 1 unspecified atom stereocenters. The first-order valence-electron chi connectivity index (χ1n) is 7.48. The van der Waals surface area contributed by atoms with Crippen molar-refractivity contribution in [1.82, 2.24) is 9.97 Å². The van der Waals surface area contributed by atoms with Gasteiger partial charge in [-0.05, 0) is 31.5 Å². The highest BCUT2D eigenvalue weighted by atomic mass is 32.1. The van der Waals surface area contributed by atoms with Gasteiger partial charge in [0, 0.05) is 11.4 Å². The smallest absolute Gasteiger partial charge is 0.143 e. The van der Waals surface area contributed by atoms with E-state index in [-0.39, 0.29) is 6.04 Å². The molecule has 0 saturated heterocycles. The Morgan fingerprint density at radius 3 is 2.70 bits per heavy atom. The molecule has 3 rings (SSSR count). The van der Waals surface area contributed by atoms with E-state index in [1.165, 1.54) is 0 Å². The maximum absolute atomic E-state index is 5.69. The number of nitrogens with one attached hydrogen (secondary N) is 1. The van der Waals surface area contributed by atoms with Crippen LogP contribution in [-0.2, 0) is 0 Å². The topological polar surface area (TPSA) is 56.3 Å². The van der Waals surface area contributed by atoms with Crippen molar-refractivity contribution >= 4 is 27.4 Å². The van der Waals surface area contributed by atoms with Crippen LogP contribution in [0.4, 0.5) is 5.82 Å². The summed E-state index contributed by atoms with van der Waals surface area (Å²) in [7, 11) is 1.67. The van der Waals surface area contributed by atoms with Gasteiger partial charge >= 0.3 is 0 Å². The van der Waals surface area contributed by atoms with Crippen LogP contribution in [0.1, 0.15) is 25.5 Å². The summed E-state index contributed by atoms with van der Waals surface area (Å²) in [5.41, 5.74) is 1.16. The predicted molar refractivity (Wildman–Crippen MR) is 93.6 cm³/mol. The molecule has 23 heavy (non-hydrogen) atoms. The third kappa shape index (κ3) is 3.22. The fourth-order valence-electron chi connectivity index (χ4n) is 2.40. The van der Waals surface area contributed by atoms with Crippen LogP contribution in [0.15, 0.2) is 36.0 Å². The van der Waals surface area contributed by atoms with Crippen LogP contribution in [-0.4, -0.2) is 23.7 Å². The third-order valence-corrected chi connectivity index (χ3v) is 4.47. The number of ether oxygens (including phenoxy) is 2. The Bertz CT molecular complexity index is 786. The molecule has 0 aliphatic heterocycles. The molecule has 5 nitrogen and oxygen atoms in total. The highest BCUT2D eigenvalue weighted by Gasteiger charge is 2.15. The number of methoxy groups -OCH3 is 1. The second-order valence-electron chi connectivity index (χ2n) is 5.07. The Balaban J connectivity index is 1.89. The molecule has 1 N–H and O–H groups in total. The quantitative estimate of drug-likeness (QED) is 0.732. The second-order valence-corrected chi connectivity index (χ2v) is 5.93. The van der Waals surface area contributed by atoms with Crippen molar-refractivity contribution in [3.05, 3.63) is 41.5 Å². The average molecular weight is 329 g/mol. The SMILES string of the molecule is CCOc1csc2ncnc(NC(C)c3ccc(OC)cc3)c12. The third-order valence-electron chi connectivity index (χ3n) is 3.61. The van der Waals surface area contributed by atoms with E-state index in [1.807, 2.05) is 36.6 Å². The van der Waals surface area contributed by atoms with Gasteiger partial charge in [0.2, 0.25) is 0 Å². The summed E-state index contributed by atoms with van der Waals surface area (Å²) in [6, 6.07) is 8.12. The minimum Gasteiger partial charge on any atom is -0.497 e. The molecule has 0 aliphatic carbocycles. The molecular formula is C17H19N3O2S. The zero-order valence-corrected chi connectivity index (χ0v) is 14.2. The number of hydrogen-bond acceptors (Lipinski definition) is 6. The molecule has 0 amide bonds. The molecule has 1 atom stereocenters. The zero-order chi connectivity index (χ0) is 16.2. The summed E-state index contributed by atoms with van der Waals surface area (Å²) in [4.78, 5) is 9.64. The Kier molecular flexibility index (Phi) is 4.62. The number of benzene rings is 1. The average Bonchev–Trinajstić information content (AvgIpc) is 2.99. The van der Waals surface area contributed by atoms with Crippen molar-refractivity contribution in [3.8, 4) is 11.5 Å². The summed E-state index contributed by atoms with van der Waals surface area (Å²) in [5.74, 6) is 2.47. The molecule has 0 saturated carbocycles. The molecule has 0 aliphatic rings. The van der Waals surface area contributed by atoms with Gasteiger partial charge in [-0.3, -0.25) is 0 Å². The summed E-state index contributed by atoms with van der Waals surface area (Å²) >= 11 is 1.56. The lowest BCUT2D eigenvalue weighted by Gasteiger charge is -2.16. The largest absolute Gasteiger partial charge is 0.497 e. The van der Waals surface area contributed by atoms with Gasteiger partial charge < -0.3 is 14.8 Å². The number of nitrogens with zero attached hydrogens (tertiary/aromatic N) is 2. The number of rotatable bonds is 6. The molecule has 120 valence electrons. The molecule has 2 heterocycles. The first-order valence-corrected chi connectivity index (χ1v) is 8.36. The van der Waals surface area contributed by atoms with Crippen molar-refractivity contribution in [1.29, 1.82) is 0 Å². The molecule has 1 aromatic carbocycles. The van der Waals surface area contributed by atoms with E-state index >= 15 is 0 Å². The van der Waals surface area contributed by atoms with Crippen LogP contribution in [0.25, 0.3) is 10.2 Å². The summed E-state index contributed by atoms with van der Waals surface area (Å²) in [5, 5.41) is 6.38. The van der Waals surface area contributed by atoms with E-state index in [4.69, 9.17) is 9.47 Å². The fraction of sp³-hybridized carbons (Fsp3) is 0.294. The first kappa shape index (κ1) is 15.6. The standard InChI is InChI=1S/C17H19N3O2S/c1-4-22-14-9-23-17-15(14)16(18-10-19-17)20-11(2)12-5-7-13(21-3)8-6-12/h5-11H,4H2,1-3H3,(H,18,19,20). The van der Waals surface area contributed by atoms with Gasteiger partial charge in [-0.15, -0.1) is 11.3 Å². The van der Waals surface area contributed by atoms with Crippen LogP contribution < -0.4 is 14.8 Å². The monoisotopic (exact) mass is 329 g/mol. The Labute approximate surface area is 139 Å². The van der Waals surface area contributed by atoms with E-state index in [1.54, 1.807) is 24.8 Å². The molecule has 3 aromatic rings. The Morgan fingerprint density at radius 1 is 1.22 bits per heavy atom. The summed E-state index contributed by atoms with van der Waals surface area (Å²) in [6.45, 7) is 4.69. The molecule has 2 aromatic heterocycles. The van der Waals surface area contributed by atoms with Crippen molar-refractivity contribution in [2.75, 3.05) is 19.0 Å². The lowest BCUT2D eigenvalue weighted by Crippen LogP contribution is -2.08. The highest BCUT2D eigenvalue weighted by Crippen LogP contribution is 2.36. The first-order chi connectivity index (χ1) is 11.2. The minimum absolute atomic E-state index is 0.105. The number of thiophene rings is 1. The Hall–Kier alpha value is -2.34. The van der Waals surface area contributed by atoms with Crippen molar-refractivity contribution in [2.45, 2.75) is 19.9 Å². The van der Waals surface area contributed by atoms with E-state index in [2.05, 4.69) is 22.2 Å². The minimum atomic E-state index is 0.105. The van der Waals surface area contributed by atoms with E-state index in [9.17, 15) is 0 Å². The van der Waals surface area contributed by atoms with Crippen molar-refractivity contribution in [3.63, 3.8) is 0 Å². The van der Waals surface area contributed by atoms with Crippen LogP contribution in [0.3, 0.4) is 0 Å². The molecule has 0 fully saturated rings. The van der Waals surface area contributed by atoms with Gasteiger partial charge in [0.25, 0.3) is 0 Å². The van der Waals surface area contributed by atoms with Gasteiger partial charge in [-0.2, -0.15) is 0 Å². The van der Waals surface area contributed by atoms with E-state index < -0.39 is 0 Å². The lowest BCUT2D eigenvalue weighted by molar-refractivity contribution is 0.345. The fourth-order valence-corrected chi connectivity index (χ4v) is 3.23. The normalized spacial score (nSPS) is 12.1. The van der Waals surface area contributed by atoms with Gasteiger partial charge in [0.1, 0.15) is 28.5 Å². The van der Waals surface area contributed by atoms with E-state index in [0.717, 1.165) is 33.1 Å². The predicted octanol–water partition coefficient (Wildman–Crippen LogP) is 4.27. The highest BCUT2D eigenvalue weighted by molar-refractivity contribution is 7.17. The summed E-state index contributed by atoms with van der Waals surface area (Å²) in [6.07, 6.45) is 1.58. The maximum atomic E-state index is 5.69. The van der Waals surface area contributed by atoms with Crippen LogP contribution >= 0.6 is 11.3 Å². The molecule has 0 spiro atoms. The molecule has 0 radical (unpaired) electrons. The van der Waals surface area contributed by atoms with Gasteiger partial charge in [-0.1, -0.05) is 12.1 Å². The zero-order valence-electron chi connectivity index (χ0n) is 13.4. The van der Waals surface area contributed by atoms with Crippen molar-refractivity contribution < 1.29 is 9.47 Å². The number of aromatic nitrogens is 2.